The smallest absolute Gasteiger partial charge is 0.0645 e. The maximum Gasteiger partial charge on any atom is 0.0645 e. The molecule has 0 bridgehead atoms. The highest BCUT2D eigenvalue weighted by molar-refractivity contribution is 6.32. The first-order valence-electron chi connectivity index (χ1n) is 31.0. The lowest BCUT2D eigenvalue weighted by atomic mass is 9.94. The third kappa shape index (κ3) is 6.50. The van der Waals surface area contributed by atoms with Crippen molar-refractivity contribution in [2.75, 3.05) is 9.80 Å². The molecule has 0 unspecified atom stereocenters. The Balaban J connectivity index is 1.04. The minimum absolute atomic E-state index is 0.0422. The molecule has 0 N–H and O–H groups in total. The van der Waals surface area contributed by atoms with Crippen molar-refractivity contribution in [3.8, 4) is 22.3 Å². The number of rotatable bonds is 10. The van der Waals surface area contributed by atoms with E-state index in [1.807, 2.05) is 119 Å². The largest absolute Gasteiger partial charge is 0.309 e. The van der Waals surface area contributed by atoms with Crippen LogP contribution in [0.3, 0.4) is 0 Å². The van der Waals surface area contributed by atoms with E-state index in [9.17, 15) is 5.48 Å². The van der Waals surface area contributed by atoms with Gasteiger partial charge in [-0.3, -0.25) is 0 Å². The Morgan fingerprint density at radius 1 is 0.342 bits per heavy atom. The van der Waals surface area contributed by atoms with Gasteiger partial charge in [-0.15, -0.1) is 0 Å². The highest BCUT2D eigenvalue weighted by atomic mass is 15.2. The van der Waals surface area contributed by atoms with E-state index in [1.165, 1.54) is 0 Å². The molecular weight excluding hydrogens is 921 g/mol. The van der Waals surface area contributed by atoms with Gasteiger partial charge in [-0.2, -0.15) is 0 Å². The van der Waals surface area contributed by atoms with Crippen LogP contribution >= 0.6 is 0 Å². The lowest BCUT2D eigenvalue weighted by Gasteiger charge is -2.29. The lowest BCUT2D eigenvalue weighted by Crippen LogP contribution is -2.12. The van der Waals surface area contributed by atoms with E-state index >= 15 is 0 Å². The summed E-state index contributed by atoms with van der Waals surface area (Å²) in [6.45, 7) is 8.58. The molecule has 15 rings (SSSR count). The molecule has 15 aromatic rings. The van der Waals surface area contributed by atoms with Crippen molar-refractivity contribution in [3.63, 3.8) is 0 Å². The zero-order valence-corrected chi connectivity index (χ0v) is 42.3. The summed E-state index contributed by atoms with van der Waals surface area (Å²) in [5.74, 6) is 0.362. The highest BCUT2D eigenvalue weighted by Crippen LogP contribution is 2.53. The monoisotopic (exact) mass is 984 g/mol. The first-order valence-corrected chi connectivity index (χ1v) is 26.0. The van der Waals surface area contributed by atoms with Crippen LogP contribution in [0.5, 0.6) is 0 Å². The second-order valence-electron chi connectivity index (χ2n) is 20.5. The normalized spacial score (nSPS) is 14.0. The molecule has 0 saturated heterocycles. The van der Waals surface area contributed by atoms with Gasteiger partial charge in [0.1, 0.15) is 0 Å². The molecule has 0 aliphatic carbocycles. The van der Waals surface area contributed by atoms with E-state index in [4.69, 9.17) is 8.22 Å². The number of para-hydroxylation sites is 4. The standard InChI is InChI=1S/C72H54N4/c1-45(2)49-33-37-63(57(41-49)47-21-9-5-10-22-47)73(51-25-13-7-14-26-51)65-39-35-53-59-43-68-60(44-67(59)75-61-31-19-17-29-55(61)69(65)71(53)75)54-36-40-66(70-56-30-18-20-32-62(56)76(68)72(54)70)74(52-27-15-8-16-28-52)64-38-34-50(46(3)4)42-58(64)48-23-11-6-12-24-48/h5-46H,1-4H3/i7D,8D,13D,14D,15D,16D,25D,26D,27D,28D. The molecule has 76 heavy (non-hydrogen) atoms. The van der Waals surface area contributed by atoms with Crippen LogP contribution in [-0.4, -0.2) is 8.80 Å². The lowest BCUT2D eigenvalue weighted by molar-refractivity contribution is 0.867. The van der Waals surface area contributed by atoms with Crippen LogP contribution in [0, 0.1) is 0 Å². The van der Waals surface area contributed by atoms with Gasteiger partial charge in [0.2, 0.25) is 0 Å². The second-order valence-corrected chi connectivity index (χ2v) is 20.5. The van der Waals surface area contributed by atoms with Gasteiger partial charge in [-0.05, 0) is 119 Å². The van der Waals surface area contributed by atoms with Crippen molar-refractivity contribution in [1.29, 1.82) is 0 Å². The van der Waals surface area contributed by atoms with E-state index < -0.39 is 36.3 Å². The number of hydrogen-bond donors (Lipinski definition) is 0. The van der Waals surface area contributed by atoms with E-state index in [0.29, 0.717) is 22.7 Å². The first-order chi connectivity index (χ1) is 41.5. The third-order valence-corrected chi connectivity index (χ3v) is 15.7. The summed E-state index contributed by atoms with van der Waals surface area (Å²) in [7, 11) is 0. The number of fused-ring (bicyclic) bond motifs is 12. The molecule has 0 aliphatic rings. The molecule has 11 aromatic carbocycles. The molecular formula is C72H54N4. The minimum atomic E-state index is -0.467. The Hall–Kier alpha value is -9.38. The molecule has 0 atom stereocenters. The highest BCUT2D eigenvalue weighted by Gasteiger charge is 2.29. The average molecular weight is 985 g/mol. The van der Waals surface area contributed by atoms with Gasteiger partial charge < -0.3 is 18.6 Å². The number of aromatic nitrogens is 2. The van der Waals surface area contributed by atoms with Crippen molar-refractivity contribution in [1.82, 2.24) is 8.80 Å². The molecule has 362 valence electrons. The van der Waals surface area contributed by atoms with Crippen molar-refractivity contribution in [2.24, 2.45) is 0 Å². The summed E-state index contributed by atoms with van der Waals surface area (Å²) in [6.07, 6.45) is 0. The molecule has 0 aliphatic heterocycles. The first kappa shape index (κ1) is 34.9. The molecule has 0 fully saturated rings. The van der Waals surface area contributed by atoms with E-state index in [0.717, 1.165) is 110 Å². The molecule has 0 amide bonds. The second kappa shape index (κ2) is 17.1. The van der Waals surface area contributed by atoms with Crippen molar-refractivity contribution in [3.05, 3.63) is 254 Å². The Morgan fingerprint density at radius 3 is 1.13 bits per heavy atom. The van der Waals surface area contributed by atoms with Crippen molar-refractivity contribution in [2.45, 2.75) is 39.5 Å². The van der Waals surface area contributed by atoms with Crippen LogP contribution in [0.4, 0.5) is 34.1 Å². The van der Waals surface area contributed by atoms with Gasteiger partial charge >= 0.3 is 0 Å². The molecule has 4 aromatic heterocycles. The summed E-state index contributed by atoms with van der Waals surface area (Å²) in [5.41, 5.74) is 14.1. The van der Waals surface area contributed by atoms with Gasteiger partial charge in [0.05, 0.1) is 69.6 Å². The van der Waals surface area contributed by atoms with Crippen molar-refractivity contribution >= 4 is 110 Å². The van der Waals surface area contributed by atoms with Crippen LogP contribution in [0.1, 0.15) is 64.4 Å². The van der Waals surface area contributed by atoms with Crippen LogP contribution in [0.25, 0.3) is 98.4 Å². The van der Waals surface area contributed by atoms with Gasteiger partial charge in [0.15, 0.2) is 0 Å². The van der Waals surface area contributed by atoms with E-state index in [-0.39, 0.29) is 47.4 Å². The SMILES string of the molecule is [2H]c1c([2H])c([2H])c(N(c2ccc(C(C)C)cc2-c2ccccc2)c2ccc3c4cc5c(cc4n4c6ccccc6c2c34)c2ccc(N(c3ccc(C(C)C)cc3-c3ccccc3)c3c([2H])c([2H])c([2H])c([2H])c3[2H])c3c4ccccc4n5c23)c([2H])c1[2H]. The summed E-state index contributed by atoms with van der Waals surface area (Å²) >= 11 is 0. The molecule has 4 heteroatoms. The fourth-order valence-corrected chi connectivity index (χ4v) is 12.2. The maximum atomic E-state index is 9.58. The molecule has 0 saturated carbocycles. The predicted octanol–water partition coefficient (Wildman–Crippen LogP) is 20.5. The van der Waals surface area contributed by atoms with Gasteiger partial charge in [-0.25, -0.2) is 0 Å². The number of hydrogen-bond acceptors (Lipinski definition) is 2. The Kier molecular flexibility index (Phi) is 7.86. The Bertz CT molecular complexity index is 4930. The topological polar surface area (TPSA) is 15.3 Å². The maximum absolute atomic E-state index is 9.58. The zero-order valence-electron chi connectivity index (χ0n) is 52.3. The third-order valence-electron chi connectivity index (χ3n) is 15.7. The molecule has 4 heterocycles. The van der Waals surface area contributed by atoms with Gasteiger partial charge in [0, 0.05) is 65.6 Å². The van der Waals surface area contributed by atoms with Crippen LogP contribution in [0.15, 0.2) is 242 Å². The molecule has 0 radical (unpaired) electrons. The molecule has 0 spiro atoms. The number of benzene rings is 11. The average Bonchev–Trinajstić information content (AvgIpc) is 1.52. The summed E-state index contributed by atoms with van der Waals surface area (Å²) in [6, 6.07) is 58.0. The van der Waals surface area contributed by atoms with Crippen LogP contribution in [-0.2, 0) is 0 Å². The predicted molar refractivity (Wildman–Crippen MR) is 324 cm³/mol. The van der Waals surface area contributed by atoms with E-state index in [1.54, 1.807) is 0 Å². The zero-order chi connectivity index (χ0) is 59.5. The fourth-order valence-electron chi connectivity index (χ4n) is 12.2. The number of anilines is 6. The van der Waals surface area contributed by atoms with Crippen LogP contribution < -0.4 is 9.80 Å². The van der Waals surface area contributed by atoms with Gasteiger partial charge in [0.25, 0.3) is 0 Å². The summed E-state index contributed by atoms with van der Waals surface area (Å²) in [5, 5.41) is 7.47. The van der Waals surface area contributed by atoms with Crippen LogP contribution in [0.2, 0.25) is 0 Å². The van der Waals surface area contributed by atoms with Crippen molar-refractivity contribution < 1.29 is 13.7 Å². The minimum Gasteiger partial charge on any atom is -0.309 e. The molecule has 4 nitrogen and oxygen atoms in total. The summed E-state index contributed by atoms with van der Waals surface area (Å²) in [4.78, 5) is 3.77. The Labute approximate surface area is 456 Å². The van der Waals surface area contributed by atoms with E-state index in [2.05, 4.69) is 109 Å². The summed E-state index contributed by atoms with van der Waals surface area (Å²) < 4.78 is 96.4. The quantitative estimate of drug-likeness (QED) is 0.136. The van der Waals surface area contributed by atoms with Gasteiger partial charge in [-0.1, -0.05) is 185 Å². The fraction of sp³-hybridized carbons (Fsp3) is 0.0833. The number of nitrogens with zero attached hydrogens (tertiary/aromatic N) is 4. The Morgan fingerprint density at radius 2 is 0.724 bits per heavy atom.